The van der Waals surface area contributed by atoms with Crippen molar-refractivity contribution in [3.05, 3.63) is 47.2 Å². The molecule has 0 radical (unpaired) electrons. The molecule has 2 aromatic rings. The molecule has 0 fully saturated rings. The number of aryl methyl sites for hydroxylation is 2. The van der Waals surface area contributed by atoms with Crippen LogP contribution >= 0.6 is 0 Å². The second kappa shape index (κ2) is 9.60. The van der Waals surface area contributed by atoms with Crippen LogP contribution in [0.5, 0.6) is 5.75 Å². The molecule has 0 aliphatic carbocycles. The van der Waals surface area contributed by atoms with Crippen molar-refractivity contribution < 1.29 is 18.7 Å². The molecule has 0 bridgehead atoms. The van der Waals surface area contributed by atoms with E-state index >= 15 is 0 Å². The normalized spacial score (nSPS) is 10.4. The van der Waals surface area contributed by atoms with E-state index in [-0.39, 0.29) is 18.4 Å². The van der Waals surface area contributed by atoms with Crippen molar-refractivity contribution >= 4 is 11.8 Å². The van der Waals surface area contributed by atoms with Crippen LogP contribution in [0.2, 0.25) is 0 Å². The van der Waals surface area contributed by atoms with Crippen LogP contribution in [0.3, 0.4) is 0 Å². The average Bonchev–Trinajstić information content (AvgIpc) is 2.95. The molecule has 1 aromatic heterocycles. The molecule has 0 unspecified atom stereocenters. The molecule has 0 atom stereocenters. The van der Waals surface area contributed by atoms with Gasteiger partial charge in [0.2, 0.25) is 11.8 Å². The number of nitrogens with one attached hydrogen (secondary N) is 2. The molecule has 1 aromatic carbocycles. The summed E-state index contributed by atoms with van der Waals surface area (Å²) in [7, 11) is 0. The van der Waals surface area contributed by atoms with Crippen LogP contribution in [0.1, 0.15) is 47.5 Å². The number of ether oxygens (including phenoxy) is 1. The Morgan fingerprint density at radius 3 is 2.65 bits per heavy atom. The quantitative estimate of drug-likeness (QED) is 0.671. The molecule has 0 aliphatic rings. The van der Waals surface area contributed by atoms with Crippen LogP contribution in [0.15, 0.2) is 28.7 Å². The number of aromatic nitrogens is 1. The predicted octanol–water partition coefficient (Wildman–Crippen LogP) is 2.52. The maximum Gasteiger partial charge on any atom is 0.255 e. The first-order valence-electron chi connectivity index (χ1n) is 8.71. The highest BCUT2D eigenvalue weighted by atomic mass is 16.5. The largest absolute Gasteiger partial charge is 0.493 e. The lowest BCUT2D eigenvalue weighted by atomic mass is 10.2. The lowest BCUT2D eigenvalue weighted by molar-refractivity contribution is -0.121. The highest BCUT2D eigenvalue weighted by molar-refractivity contribution is 5.96. The minimum Gasteiger partial charge on any atom is -0.493 e. The zero-order valence-corrected chi connectivity index (χ0v) is 15.4. The molecule has 2 N–H and O–H groups in total. The van der Waals surface area contributed by atoms with E-state index in [4.69, 9.17) is 9.15 Å². The van der Waals surface area contributed by atoms with Crippen LogP contribution in [0.4, 0.5) is 0 Å². The molecule has 7 nitrogen and oxygen atoms in total. The van der Waals surface area contributed by atoms with E-state index < -0.39 is 0 Å². The topological polar surface area (TPSA) is 93.5 Å². The molecule has 0 saturated carbocycles. The third-order valence-corrected chi connectivity index (χ3v) is 3.81. The minimum atomic E-state index is -0.208. The summed E-state index contributed by atoms with van der Waals surface area (Å²) in [6, 6.07) is 7.09. The van der Waals surface area contributed by atoms with Crippen molar-refractivity contribution in [2.75, 3.05) is 13.2 Å². The number of oxazole rings is 1. The molecular formula is C19H25N3O4. The van der Waals surface area contributed by atoms with Crippen LogP contribution in [0, 0.1) is 13.8 Å². The summed E-state index contributed by atoms with van der Waals surface area (Å²) >= 11 is 0. The summed E-state index contributed by atoms with van der Waals surface area (Å²) in [5.41, 5.74) is 1.32. The summed E-state index contributed by atoms with van der Waals surface area (Å²) < 4.78 is 10.9. The van der Waals surface area contributed by atoms with Gasteiger partial charge < -0.3 is 19.8 Å². The molecule has 26 heavy (non-hydrogen) atoms. The van der Waals surface area contributed by atoms with Gasteiger partial charge in [0.25, 0.3) is 5.91 Å². The van der Waals surface area contributed by atoms with Crippen molar-refractivity contribution in [3.8, 4) is 5.75 Å². The van der Waals surface area contributed by atoms with Gasteiger partial charge in [-0.25, -0.2) is 4.98 Å². The highest BCUT2D eigenvalue weighted by Gasteiger charge is 2.12. The number of amides is 2. The lowest BCUT2D eigenvalue weighted by Crippen LogP contribution is -2.27. The second-order valence-electron chi connectivity index (χ2n) is 5.81. The minimum absolute atomic E-state index is 0.109. The Kier molecular flexibility index (Phi) is 7.20. The Morgan fingerprint density at radius 1 is 1.19 bits per heavy atom. The summed E-state index contributed by atoms with van der Waals surface area (Å²) in [6.45, 7) is 6.73. The van der Waals surface area contributed by atoms with Gasteiger partial charge in [0.1, 0.15) is 11.5 Å². The van der Waals surface area contributed by atoms with Crippen LogP contribution in [-0.2, 0) is 11.3 Å². The van der Waals surface area contributed by atoms with Gasteiger partial charge >= 0.3 is 0 Å². The molecular weight excluding hydrogens is 334 g/mol. The van der Waals surface area contributed by atoms with Crippen molar-refractivity contribution in [1.82, 2.24) is 15.6 Å². The maximum absolute atomic E-state index is 12.2. The van der Waals surface area contributed by atoms with Gasteiger partial charge in [-0.2, -0.15) is 0 Å². The van der Waals surface area contributed by atoms with E-state index in [2.05, 4.69) is 15.6 Å². The maximum atomic E-state index is 12.2. The van der Waals surface area contributed by atoms with Crippen molar-refractivity contribution in [3.63, 3.8) is 0 Å². The molecule has 2 rings (SSSR count). The van der Waals surface area contributed by atoms with E-state index in [1.54, 1.807) is 18.2 Å². The summed E-state index contributed by atoms with van der Waals surface area (Å²) in [4.78, 5) is 28.3. The van der Waals surface area contributed by atoms with Crippen LogP contribution in [-0.4, -0.2) is 29.9 Å². The number of hydrogen-bond donors (Lipinski definition) is 2. The third-order valence-electron chi connectivity index (χ3n) is 3.81. The van der Waals surface area contributed by atoms with Gasteiger partial charge in [-0.05, 0) is 39.3 Å². The van der Waals surface area contributed by atoms with Crippen LogP contribution in [0.25, 0.3) is 0 Å². The summed E-state index contributed by atoms with van der Waals surface area (Å²) in [5.74, 6) is 1.49. The number of carbonyl (C=O) groups excluding carboxylic acids is 2. The fourth-order valence-electron chi connectivity index (χ4n) is 2.36. The monoisotopic (exact) mass is 359 g/mol. The van der Waals surface area contributed by atoms with Gasteiger partial charge in [-0.15, -0.1) is 0 Å². The molecule has 7 heteroatoms. The SMILES string of the molecule is CCOc1ccccc1C(=O)NCCCC(=O)NCc1nc(C)c(C)o1. The molecule has 0 saturated heterocycles. The summed E-state index contributed by atoms with van der Waals surface area (Å²) in [5, 5.41) is 5.57. The van der Waals surface area contributed by atoms with E-state index in [0.29, 0.717) is 43.2 Å². The Labute approximate surface area is 153 Å². The Balaban J connectivity index is 1.69. The number of benzene rings is 1. The molecule has 140 valence electrons. The molecule has 2 amide bonds. The molecule has 1 heterocycles. The number of nitrogens with zero attached hydrogens (tertiary/aromatic N) is 1. The number of hydrogen-bond acceptors (Lipinski definition) is 5. The first-order valence-corrected chi connectivity index (χ1v) is 8.71. The van der Waals surface area contributed by atoms with Crippen molar-refractivity contribution in [2.45, 2.75) is 40.2 Å². The third kappa shape index (κ3) is 5.61. The number of carbonyl (C=O) groups is 2. The fraction of sp³-hybridized carbons (Fsp3) is 0.421. The zero-order chi connectivity index (χ0) is 18.9. The van der Waals surface area contributed by atoms with Gasteiger partial charge in [0.15, 0.2) is 0 Å². The van der Waals surface area contributed by atoms with Crippen molar-refractivity contribution in [1.29, 1.82) is 0 Å². The standard InChI is InChI=1S/C19H25N3O4/c1-4-25-16-9-6-5-8-15(16)19(24)20-11-7-10-17(23)21-12-18-22-13(2)14(3)26-18/h5-6,8-9H,4,7,10-12H2,1-3H3,(H,20,24)(H,21,23). The Morgan fingerprint density at radius 2 is 1.96 bits per heavy atom. The van der Waals surface area contributed by atoms with E-state index in [1.165, 1.54) is 0 Å². The fourth-order valence-corrected chi connectivity index (χ4v) is 2.36. The van der Waals surface area contributed by atoms with Gasteiger partial charge in [-0.1, -0.05) is 12.1 Å². The number of rotatable bonds is 9. The second-order valence-corrected chi connectivity index (χ2v) is 5.81. The van der Waals surface area contributed by atoms with E-state index in [0.717, 1.165) is 11.5 Å². The van der Waals surface area contributed by atoms with Gasteiger partial charge in [-0.3, -0.25) is 9.59 Å². The van der Waals surface area contributed by atoms with Gasteiger partial charge in [0, 0.05) is 13.0 Å². The summed E-state index contributed by atoms with van der Waals surface area (Å²) in [6.07, 6.45) is 0.851. The Hall–Kier alpha value is -2.83. The van der Waals surface area contributed by atoms with Gasteiger partial charge in [0.05, 0.1) is 24.4 Å². The average molecular weight is 359 g/mol. The zero-order valence-electron chi connectivity index (χ0n) is 15.4. The van der Waals surface area contributed by atoms with E-state index in [9.17, 15) is 9.59 Å². The Bertz CT molecular complexity index is 735. The van der Waals surface area contributed by atoms with E-state index in [1.807, 2.05) is 26.8 Å². The number of para-hydroxylation sites is 1. The lowest BCUT2D eigenvalue weighted by Gasteiger charge is -2.10. The van der Waals surface area contributed by atoms with Crippen molar-refractivity contribution in [2.24, 2.45) is 0 Å². The molecule has 0 spiro atoms. The first kappa shape index (κ1) is 19.5. The first-order chi connectivity index (χ1) is 12.5. The van der Waals surface area contributed by atoms with Crippen LogP contribution < -0.4 is 15.4 Å². The highest BCUT2D eigenvalue weighted by Crippen LogP contribution is 2.17. The smallest absolute Gasteiger partial charge is 0.255 e. The molecule has 0 aliphatic heterocycles. The predicted molar refractivity (Wildman–Crippen MR) is 97.0 cm³/mol.